The minimum absolute atomic E-state index is 0.0176. The third-order valence-corrected chi connectivity index (χ3v) is 4.03. The highest BCUT2D eigenvalue weighted by atomic mass is 35.7. The summed E-state index contributed by atoms with van der Waals surface area (Å²) in [4.78, 5) is -1.07. The first-order valence-electron chi connectivity index (χ1n) is 4.56. The molecule has 10 heteroatoms. The van der Waals surface area contributed by atoms with Crippen LogP contribution in [0.3, 0.4) is 0 Å². The molecule has 0 heterocycles. The van der Waals surface area contributed by atoms with E-state index in [1.165, 1.54) is 0 Å². The number of nitrogens with zero attached hydrogens (tertiary/aromatic N) is 1. The van der Waals surface area contributed by atoms with Crippen LogP contribution in [0.4, 0.5) is 13.2 Å². The number of benzene rings is 1. The summed E-state index contributed by atoms with van der Waals surface area (Å²) >= 11 is -0.508. The van der Waals surface area contributed by atoms with Gasteiger partial charge in [-0.15, -0.1) is 0 Å². The van der Waals surface area contributed by atoms with Crippen LogP contribution >= 0.6 is 22.4 Å². The van der Waals surface area contributed by atoms with E-state index < -0.39 is 36.1 Å². The molecule has 0 aliphatic heterocycles. The third kappa shape index (κ3) is 4.28. The van der Waals surface area contributed by atoms with Crippen molar-refractivity contribution in [3.05, 3.63) is 23.3 Å². The molecule has 0 amide bonds. The van der Waals surface area contributed by atoms with Gasteiger partial charge < -0.3 is 5.73 Å². The summed E-state index contributed by atoms with van der Waals surface area (Å²) in [5.41, 5.74) is 0.340. The van der Waals surface area contributed by atoms with E-state index in [0.29, 0.717) is 6.07 Å². The van der Waals surface area contributed by atoms with Gasteiger partial charge in [-0.2, -0.15) is 18.4 Å². The summed E-state index contributed by atoms with van der Waals surface area (Å²) in [6.07, 6.45) is 0. The molecular formula is C9H6ClF3N2O2S2. The predicted molar refractivity (Wildman–Crippen MR) is 64.0 cm³/mol. The van der Waals surface area contributed by atoms with E-state index in [0.717, 1.165) is 6.07 Å². The van der Waals surface area contributed by atoms with Gasteiger partial charge in [0.2, 0.25) is 0 Å². The van der Waals surface area contributed by atoms with Crippen molar-refractivity contribution in [2.45, 2.75) is 21.8 Å². The summed E-state index contributed by atoms with van der Waals surface area (Å²) < 4.78 is 59.4. The number of nitriles is 1. The maximum absolute atomic E-state index is 12.3. The van der Waals surface area contributed by atoms with Crippen molar-refractivity contribution in [1.29, 1.82) is 5.26 Å². The Bertz CT molecular complexity index is 638. The van der Waals surface area contributed by atoms with Gasteiger partial charge in [-0.25, -0.2) is 8.42 Å². The lowest BCUT2D eigenvalue weighted by Gasteiger charge is -2.11. The molecule has 0 unspecified atom stereocenters. The molecule has 0 saturated heterocycles. The number of rotatable bonds is 3. The van der Waals surface area contributed by atoms with Crippen LogP contribution in [-0.4, -0.2) is 13.9 Å². The van der Waals surface area contributed by atoms with Gasteiger partial charge in [0.05, 0.1) is 5.56 Å². The van der Waals surface area contributed by atoms with Crippen molar-refractivity contribution in [3.63, 3.8) is 0 Å². The molecule has 0 fully saturated rings. The van der Waals surface area contributed by atoms with Gasteiger partial charge in [0.25, 0.3) is 9.05 Å². The molecule has 0 atom stereocenters. The summed E-state index contributed by atoms with van der Waals surface area (Å²) in [7, 11) is 0.762. The standard InChI is InChI=1S/C9H6ClF3N2O2S2/c10-19(16,17)8-2-6(18-9(11,12)13)1-5(3-14)7(8)4-15/h1-2H,3,14H2. The first-order valence-corrected chi connectivity index (χ1v) is 7.68. The number of thioether (sulfide) groups is 1. The average molecular weight is 331 g/mol. The van der Waals surface area contributed by atoms with Crippen molar-refractivity contribution in [1.82, 2.24) is 0 Å². The lowest BCUT2D eigenvalue weighted by Crippen LogP contribution is -2.07. The van der Waals surface area contributed by atoms with Gasteiger partial charge in [-0.3, -0.25) is 0 Å². The highest BCUT2D eigenvalue weighted by Gasteiger charge is 2.31. The second-order valence-corrected chi connectivity index (χ2v) is 6.93. The van der Waals surface area contributed by atoms with E-state index >= 15 is 0 Å². The summed E-state index contributed by atoms with van der Waals surface area (Å²) in [6.45, 7) is -0.283. The molecule has 19 heavy (non-hydrogen) atoms. The molecule has 2 N–H and O–H groups in total. The molecule has 4 nitrogen and oxygen atoms in total. The van der Waals surface area contributed by atoms with Crippen LogP contribution in [0.5, 0.6) is 0 Å². The van der Waals surface area contributed by atoms with Crippen LogP contribution < -0.4 is 5.73 Å². The fourth-order valence-corrected chi connectivity index (χ4v) is 3.09. The number of halogens is 4. The Morgan fingerprint density at radius 2 is 2.00 bits per heavy atom. The molecule has 1 aromatic rings. The zero-order chi connectivity index (χ0) is 14.8. The van der Waals surface area contributed by atoms with Gasteiger partial charge in [-0.05, 0) is 29.5 Å². The zero-order valence-electron chi connectivity index (χ0n) is 9.03. The Hall–Kier alpha value is -0.950. The molecule has 0 aliphatic rings. The van der Waals surface area contributed by atoms with Gasteiger partial charge in [0, 0.05) is 22.1 Å². The Balaban J connectivity index is 3.54. The van der Waals surface area contributed by atoms with Gasteiger partial charge in [0.1, 0.15) is 11.0 Å². The van der Waals surface area contributed by atoms with E-state index in [2.05, 4.69) is 0 Å². The van der Waals surface area contributed by atoms with E-state index in [1.807, 2.05) is 0 Å². The number of hydrogen-bond donors (Lipinski definition) is 1. The van der Waals surface area contributed by atoms with Crippen molar-refractivity contribution >= 4 is 31.5 Å². The minimum atomic E-state index is -4.59. The maximum atomic E-state index is 12.3. The van der Waals surface area contributed by atoms with Gasteiger partial charge >= 0.3 is 5.51 Å². The van der Waals surface area contributed by atoms with Crippen LogP contribution in [0.15, 0.2) is 21.9 Å². The molecule has 0 aliphatic carbocycles. The van der Waals surface area contributed by atoms with E-state index in [1.54, 1.807) is 6.07 Å². The smallest absolute Gasteiger partial charge is 0.326 e. The molecule has 1 aromatic carbocycles. The fraction of sp³-hybridized carbons (Fsp3) is 0.222. The van der Waals surface area contributed by atoms with Crippen molar-refractivity contribution in [3.8, 4) is 6.07 Å². The Labute approximate surface area is 115 Å². The van der Waals surface area contributed by atoms with Crippen LogP contribution in [0.2, 0.25) is 0 Å². The second-order valence-electron chi connectivity index (χ2n) is 3.26. The minimum Gasteiger partial charge on any atom is -0.326 e. The van der Waals surface area contributed by atoms with Crippen LogP contribution in [-0.2, 0) is 15.6 Å². The SMILES string of the molecule is N#Cc1c(CN)cc(SC(F)(F)F)cc1S(=O)(=O)Cl. The van der Waals surface area contributed by atoms with Crippen LogP contribution in [0.25, 0.3) is 0 Å². The Morgan fingerprint density at radius 3 is 2.37 bits per heavy atom. The fourth-order valence-electron chi connectivity index (χ4n) is 1.32. The van der Waals surface area contributed by atoms with Crippen LogP contribution in [0.1, 0.15) is 11.1 Å². The summed E-state index contributed by atoms with van der Waals surface area (Å²) in [5, 5.41) is 8.86. The molecule has 1 rings (SSSR count). The molecule has 0 bridgehead atoms. The lowest BCUT2D eigenvalue weighted by atomic mass is 10.1. The van der Waals surface area contributed by atoms with Crippen molar-refractivity contribution in [2.75, 3.05) is 0 Å². The average Bonchev–Trinajstić information content (AvgIpc) is 2.24. The maximum Gasteiger partial charge on any atom is 0.446 e. The second kappa shape index (κ2) is 5.58. The topological polar surface area (TPSA) is 83.9 Å². The number of alkyl halides is 3. The third-order valence-electron chi connectivity index (χ3n) is 1.99. The summed E-state index contributed by atoms with van der Waals surface area (Å²) in [6, 6.07) is 3.30. The van der Waals surface area contributed by atoms with E-state index in [-0.39, 0.29) is 17.7 Å². The molecule has 0 radical (unpaired) electrons. The lowest BCUT2D eigenvalue weighted by molar-refractivity contribution is -0.0328. The van der Waals surface area contributed by atoms with Gasteiger partial charge in [-0.1, -0.05) is 0 Å². The Morgan fingerprint density at radius 1 is 1.42 bits per heavy atom. The van der Waals surface area contributed by atoms with Gasteiger partial charge in [0.15, 0.2) is 0 Å². The highest BCUT2D eigenvalue weighted by Crippen LogP contribution is 2.39. The predicted octanol–water partition coefficient (Wildman–Crippen LogP) is 2.56. The largest absolute Gasteiger partial charge is 0.446 e. The molecular weight excluding hydrogens is 325 g/mol. The van der Waals surface area contributed by atoms with Crippen molar-refractivity contribution < 1.29 is 21.6 Å². The highest BCUT2D eigenvalue weighted by molar-refractivity contribution is 8.13. The number of nitrogens with two attached hydrogens (primary N) is 1. The number of hydrogen-bond acceptors (Lipinski definition) is 5. The zero-order valence-corrected chi connectivity index (χ0v) is 11.4. The first-order chi connectivity index (χ1) is 8.58. The molecule has 104 valence electrons. The molecule has 0 spiro atoms. The van der Waals surface area contributed by atoms with E-state index in [9.17, 15) is 21.6 Å². The summed E-state index contributed by atoms with van der Waals surface area (Å²) in [5.74, 6) is 0. The monoisotopic (exact) mass is 330 g/mol. The van der Waals surface area contributed by atoms with Crippen LogP contribution in [0, 0.1) is 11.3 Å². The quantitative estimate of drug-likeness (QED) is 0.680. The first kappa shape index (κ1) is 16.1. The normalized spacial score (nSPS) is 12.2. The van der Waals surface area contributed by atoms with E-state index in [4.69, 9.17) is 21.7 Å². The molecule has 0 saturated carbocycles. The Kier molecular flexibility index (Phi) is 4.73. The van der Waals surface area contributed by atoms with Crippen molar-refractivity contribution in [2.24, 2.45) is 5.73 Å². The molecule has 0 aromatic heterocycles.